The second-order valence-electron chi connectivity index (χ2n) is 4.67. The number of aromatic nitrogens is 2. The number of benzene rings is 1. The first kappa shape index (κ1) is 16.5. The summed E-state index contributed by atoms with van der Waals surface area (Å²) in [6, 6.07) is 2.55. The third-order valence-electron chi connectivity index (χ3n) is 2.81. The maximum atomic E-state index is 13.4. The third-order valence-corrected chi connectivity index (χ3v) is 2.81. The largest absolute Gasteiger partial charge is 0.348 e. The molecule has 0 spiro atoms. The van der Waals surface area contributed by atoms with Gasteiger partial charge in [0.05, 0.1) is 5.69 Å². The van der Waals surface area contributed by atoms with E-state index in [1.807, 2.05) is 5.32 Å². The summed E-state index contributed by atoms with van der Waals surface area (Å²) in [5.41, 5.74) is -0.397. The molecule has 1 aromatic heterocycles. The van der Waals surface area contributed by atoms with Gasteiger partial charge in [-0.2, -0.15) is 4.98 Å². The molecule has 0 bridgehead atoms. The van der Waals surface area contributed by atoms with Gasteiger partial charge in [-0.3, -0.25) is 9.59 Å². The molecule has 0 saturated carbocycles. The van der Waals surface area contributed by atoms with Gasteiger partial charge < -0.3 is 15.2 Å². The number of rotatable bonds is 5. The van der Waals surface area contributed by atoms with Crippen molar-refractivity contribution in [1.29, 1.82) is 0 Å². The van der Waals surface area contributed by atoms with Gasteiger partial charge in [0.15, 0.2) is 5.82 Å². The zero-order valence-corrected chi connectivity index (χ0v) is 12.2. The average molecular weight is 324 g/mol. The molecule has 7 nitrogen and oxygen atoms in total. The summed E-state index contributed by atoms with van der Waals surface area (Å²) in [6.45, 7) is 1.88. The Bertz CT molecular complexity index is 718. The number of nitrogens with zero attached hydrogens (tertiary/aromatic N) is 2. The number of anilines is 1. The maximum absolute atomic E-state index is 13.4. The Morgan fingerprint density at radius 2 is 2.04 bits per heavy atom. The van der Waals surface area contributed by atoms with E-state index in [9.17, 15) is 18.4 Å². The Balaban J connectivity index is 1.76. The van der Waals surface area contributed by atoms with Crippen LogP contribution in [-0.2, 0) is 16.0 Å². The van der Waals surface area contributed by atoms with E-state index in [4.69, 9.17) is 4.52 Å². The molecule has 1 aromatic carbocycles. The SMILES string of the molecule is Cc1noc(CCCNC(=O)C(=O)Nc2cc(F)ccc2F)n1. The predicted molar refractivity (Wildman–Crippen MR) is 75.4 cm³/mol. The van der Waals surface area contributed by atoms with Gasteiger partial charge in [-0.25, -0.2) is 8.78 Å². The minimum atomic E-state index is -1.08. The molecule has 23 heavy (non-hydrogen) atoms. The number of carbonyl (C=O) groups is 2. The normalized spacial score (nSPS) is 10.4. The summed E-state index contributed by atoms with van der Waals surface area (Å²) in [5, 5.41) is 7.98. The molecule has 122 valence electrons. The van der Waals surface area contributed by atoms with Crippen LogP contribution in [0.5, 0.6) is 0 Å². The van der Waals surface area contributed by atoms with Crippen molar-refractivity contribution in [3.05, 3.63) is 41.5 Å². The molecular weight excluding hydrogens is 310 g/mol. The van der Waals surface area contributed by atoms with E-state index in [0.717, 1.165) is 18.2 Å². The topological polar surface area (TPSA) is 97.1 Å². The molecule has 9 heteroatoms. The highest BCUT2D eigenvalue weighted by atomic mass is 19.1. The van der Waals surface area contributed by atoms with Crippen molar-refractivity contribution >= 4 is 17.5 Å². The van der Waals surface area contributed by atoms with Crippen molar-refractivity contribution in [2.45, 2.75) is 19.8 Å². The van der Waals surface area contributed by atoms with Crippen LogP contribution in [0.1, 0.15) is 18.1 Å². The molecule has 1 heterocycles. The molecule has 2 aromatic rings. The Kier molecular flexibility index (Phi) is 5.34. The van der Waals surface area contributed by atoms with Crippen molar-refractivity contribution in [1.82, 2.24) is 15.5 Å². The summed E-state index contributed by atoms with van der Waals surface area (Å²) in [6.07, 6.45) is 0.927. The van der Waals surface area contributed by atoms with Gasteiger partial charge in [-0.05, 0) is 25.5 Å². The monoisotopic (exact) mass is 324 g/mol. The average Bonchev–Trinajstić information content (AvgIpc) is 2.92. The Hall–Kier alpha value is -2.84. The fraction of sp³-hybridized carbons (Fsp3) is 0.286. The van der Waals surface area contributed by atoms with Crippen molar-refractivity contribution in [3.8, 4) is 0 Å². The first-order chi connectivity index (χ1) is 11.0. The number of carbonyl (C=O) groups excluding carboxylic acids is 2. The second-order valence-corrected chi connectivity index (χ2v) is 4.67. The lowest BCUT2D eigenvalue weighted by Crippen LogP contribution is -2.36. The molecule has 2 N–H and O–H groups in total. The summed E-state index contributed by atoms with van der Waals surface area (Å²) in [5.74, 6) is -2.64. The molecule has 0 radical (unpaired) electrons. The van der Waals surface area contributed by atoms with Crippen LogP contribution in [-0.4, -0.2) is 28.5 Å². The molecule has 0 saturated heterocycles. The summed E-state index contributed by atoms with van der Waals surface area (Å²) in [4.78, 5) is 27.1. The second kappa shape index (κ2) is 7.43. The first-order valence-corrected chi connectivity index (χ1v) is 6.79. The van der Waals surface area contributed by atoms with Crippen molar-refractivity contribution < 1.29 is 22.9 Å². The number of hydrogen-bond donors (Lipinski definition) is 2. The molecule has 0 unspecified atom stereocenters. The summed E-state index contributed by atoms with van der Waals surface area (Å²) >= 11 is 0. The van der Waals surface area contributed by atoms with Crippen LogP contribution in [0.2, 0.25) is 0 Å². The van der Waals surface area contributed by atoms with Crippen LogP contribution < -0.4 is 10.6 Å². The fourth-order valence-corrected chi connectivity index (χ4v) is 1.74. The molecular formula is C14H14F2N4O3. The van der Waals surface area contributed by atoms with Crippen LogP contribution >= 0.6 is 0 Å². The minimum Gasteiger partial charge on any atom is -0.348 e. The number of aryl methyl sites for hydroxylation is 2. The molecule has 0 aliphatic heterocycles. The first-order valence-electron chi connectivity index (χ1n) is 6.79. The van der Waals surface area contributed by atoms with Crippen LogP contribution in [0.15, 0.2) is 22.7 Å². The van der Waals surface area contributed by atoms with Gasteiger partial charge in [-0.1, -0.05) is 5.16 Å². The van der Waals surface area contributed by atoms with E-state index >= 15 is 0 Å². The molecule has 0 aliphatic carbocycles. The van der Waals surface area contributed by atoms with E-state index in [0.29, 0.717) is 24.6 Å². The lowest BCUT2D eigenvalue weighted by atomic mass is 10.3. The van der Waals surface area contributed by atoms with Gasteiger partial charge in [0.25, 0.3) is 0 Å². The van der Waals surface area contributed by atoms with E-state index in [1.165, 1.54) is 0 Å². The smallest absolute Gasteiger partial charge is 0.313 e. The Morgan fingerprint density at radius 1 is 1.26 bits per heavy atom. The lowest BCUT2D eigenvalue weighted by molar-refractivity contribution is -0.136. The van der Waals surface area contributed by atoms with Crippen LogP contribution in [0, 0.1) is 18.6 Å². The van der Waals surface area contributed by atoms with Crippen LogP contribution in [0.4, 0.5) is 14.5 Å². The van der Waals surface area contributed by atoms with Crippen LogP contribution in [0.3, 0.4) is 0 Å². The van der Waals surface area contributed by atoms with Gasteiger partial charge in [-0.15, -0.1) is 0 Å². The number of amides is 2. The van der Waals surface area contributed by atoms with Crippen molar-refractivity contribution in [2.75, 3.05) is 11.9 Å². The number of hydrogen-bond acceptors (Lipinski definition) is 5. The van der Waals surface area contributed by atoms with Gasteiger partial charge >= 0.3 is 11.8 Å². The highest BCUT2D eigenvalue weighted by Gasteiger charge is 2.15. The Morgan fingerprint density at radius 3 is 2.74 bits per heavy atom. The third kappa shape index (κ3) is 4.83. The van der Waals surface area contributed by atoms with E-state index < -0.39 is 29.1 Å². The molecule has 0 fully saturated rings. The fourth-order valence-electron chi connectivity index (χ4n) is 1.74. The van der Waals surface area contributed by atoms with Crippen LogP contribution in [0.25, 0.3) is 0 Å². The van der Waals surface area contributed by atoms with Gasteiger partial charge in [0, 0.05) is 19.0 Å². The molecule has 2 amide bonds. The van der Waals surface area contributed by atoms with E-state index in [-0.39, 0.29) is 6.54 Å². The standard InChI is InChI=1S/C14H14F2N4O3/c1-8-18-12(23-20-8)3-2-6-17-13(21)14(22)19-11-7-9(15)4-5-10(11)16/h4-5,7H,2-3,6H2,1H3,(H,17,21)(H,19,22). The van der Waals surface area contributed by atoms with E-state index in [1.54, 1.807) is 6.92 Å². The zero-order chi connectivity index (χ0) is 16.8. The number of nitrogens with one attached hydrogen (secondary N) is 2. The van der Waals surface area contributed by atoms with E-state index in [2.05, 4.69) is 15.5 Å². The van der Waals surface area contributed by atoms with Crippen molar-refractivity contribution in [2.24, 2.45) is 0 Å². The predicted octanol–water partition coefficient (Wildman–Crippen LogP) is 1.34. The molecule has 2 rings (SSSR count). The highest BCUT2D eigenvalue weighted by molar-refractivity contribution is 6.39. The van der Waals surface area contributed by atoms with Crippen molar-refractivity contribution in [3.63, 3.8) is 0 Å². The highest BCUT2D eigenvalue weighted by Crippen LogP contribution is 2.14. The minimum absolute atomic E-state index is 0.194. The molecule has 0 atom stereocenters. The number of halogens is 2. The zero-order valence-electron chi connectivity index (χ0n) is 12.2. The maximum Gasteiger partial charge on any atom is 0.313 e. The van der Waals surface area contributed by atoms with Gasteiger partial charge in [0.1, 0.15) is 11.6 Å². The van der Waals surface area contributed by atoms with Gasteiger partial charge in [0.2, 0.25) is 5.89 Å². The summed E-state index contributed by atoms with van der Waals surface area (Å²) in [7, 11) is 0. The summed E-state index contributed by atoms with van der Waals surface area (Å²) < 4.78 is 31.2. The quantitative estimate of drug-likeness (QED) is 0.639. The molecule has 0 aliphatic rings. The lowest BCUT2D eigenvalue weighted by Gasteiger charge is -2.07. The Labute approximate surface area is 130 Å².